The molecule has 8 heavy (non-hydrogen) atoms. The Bertz CT molecular complexity index is 70.8. The molecule has 1 unspecified atom stereocenters. The van der Waals surface area contributed by atoms with Crippen molar-refractivity contribution in [3.63, 3.8) is 0 Å². The minimum absolute atomic E-state index is 0.379. The van der Waals surface area contributed by atoms with E-state index in [1.165, 1.54) is 0 Å². The number of hydrogen-bond donors (Lipinski definition) is 3. The van der Waals surface area contributed by atoms with Gasteiger partial charge in [0.2, 0.25) is 0 Å². The summed E-state index contributed by atoms with van der Waals surface area (Å²) in [6.45, 7) is 1.69. The average Bonchev–Trinajstić information content (AvgIpc) is 1.66. The summed E-state index contributed by atoms with van der Waals surface area (Å²) < 4.78 is 0. The van der Waals surface area contributed by atoms with Gasteiger partial charge in [0.15, 0.2) is 0 Å². The fourth-order valence-electron chi connectivity index (χ4n) is 0.271. The first kappa shape index (κ1) is 7.46. The Balaban J connectivity index is 3.07. The lowest BCUT2D eigenvalue weighted by Crippen LogP contribution is -2.21. The summed E-state index contributed by atoms with van der Waals surface area (Å²) in [5.41, 5.74) is 5.36. The molecule has 0 aliphatic carbocycles. The second kappa shape index (κ2) is 4.61. The molecule has 0 saturated carbocycles. The van der Waals surface area contributed by atoms with Crippen LogP contribution in [0.5, 0.6) is 0 Å². The van der Waals surface area contributed by atoms with Gasteiger partial charge in [-0.2, -0.15) is 0 Å². The predicted molar refractivity (Wildman–Crippen MR) is 33.0 cm³/mol. The number of hydrogen-bond acceptors (Lipinski definition) is 3. The van der Waals surface area contributed by atoms with E-state index in [1.54, 1.807) is 26.2 Å². The van der Waals surface area contributed by atoms with Crippen molar-refractivity contribution in [2.45, 2.75) is 13.0 Å². The Morgan fingerprint density at radius 2 is 2.25 bits per heavy atom. The first-order valence-electron chi connectivity index (χ1n) is 2.54. The van der Waals surface area contributed by atoms with Crippen LogP contribution in [-0.4, -0.2) is 18.3 Å². The highest BCUT2D eigenvalue weighted by Gasteiger charge is 1.80. The van der Waals surface area contributed by atoms with Gasteiger partial charge in [0.25, 0.3) is 0 Å². The molecule has 0 heterocycles. The van der Waals surface area contributed by atoms with Crippen LogP contribution in [-0.2, 0) is 0 Å². The minimum Gasteiger partial charge on any atom is -0.389 e. The zero-order valence-corrected chi connectivity index (χ0v) is 5.18. The lowest BCUT2D eigenvalue weighted by molar-refractivity contribution is 0.243. The Hall–Kier alpha value is -0.540. The summed E-state index contributed by atoms with van der Waals surface area (Å²) >= 11 is 0. The van der Waals surface area contributed by atoms with Crippen LogP contribution in [0.1, 0.15) is 6.92 Å². The van der Waals surface area contributed by atoms with Crippen LogP contribution in [0.2, 0.25) is 0 Å². The average molecular weight is 116 g/mol. The van der Waals surface area contributed by atoms with Crippen molar-refractivity contribution in [3.8, 4) is 0 Å². The summed E-state index contributed by atoms with van der Waals surface area (Å²) in [6.07, 6.45) is 2.90. The maximum Gasteiger partial charge on any atom is 0.0710 e. The first-order chi connectivity index (χ1) is 3.77. The van der Waals surface area contributed by atoms with Gasteiger partial charge in [-0.3, -0.25) is 0 Å². The van der Waals surface area contributed by atoms with Crippen LogP contribution in [0.3, 0.4) is 0 Å². The molecule has 0 radical (unpaired) electrons. The van der Waals surface area contributed by atoms with Gasteiger partial charge in [-0.1, -0.05) is 0 Å². The standard InChI is InChI=1S/C5H12N2O/c1-5(8)3-4-7-6-2/h3-8H,1-2H3/b4-3-. The molecule has 0 aromatic heterocycles. The molecule has 0 saturated heterocycles. The summed E-state index contributed by atoms with van der Waals surface area (Å²) in [6, 6.07) is 0. The van der Waals surface area contributed by atoms with Crippen LogP contribution in [0, 0.1) is 0 Å². The van der Waals surface area contributed by atoms with E-state index < -0.39 is 0 Å². The largest absolute Gasteiger partial charge is 0.389 e. The molecule has 0 bridgehead atoms. The Morgan fingerprint density at radius 1 is 1.62 bits per heavy atom. The lowest BCUT2D eigenvalue weighted by atomic mass is 10.4. The van der Waals surface area contributed by atoms with Crippen LogP contribution < -0.4 is 10.9 Å². The molecule has 0 amide bonds. The maximum atomic E-state index is 8.62. The number of nitrogens with one attached hydrogen (secondary N) is 2. The smallest absolute Gasteiger partial charge is 0.0710 e. The van der Waals surface area contributed by atoms with E-state index >= 15 is 0 Å². The summed E-state index contributed by atoms with van der Waals surface area (Å²) in [7, 11) is 1.76. The van der Waals surface area contributed by atoms with Crippen LogP contribution in [0.15, 0.2) is 12.3 Å². The molecule has 3 N–H and O–H groups in total. The predicted octanol–water partition coefficient (Wildman–Crippen LogP) is -0.395. The Labute approximate surface area is 49.4 Å². The zero-order valence-electron chi connectivity index (χ0n) is 5.18. The van der Waals surface area contributed by atoms with Gasteiger partial charge in [0.1, 0.15) is 0 Å². The van der Waals surface area contributed by atoms with E-state index in [0.717, 1.165) is 0 Å². The molecular weight excluding hydrogens is 104 g/mol. The molecule has 0 rings (SSSR count). The maximum absolute atomic E-state index is 8.62. The normalized spacial score (nSPS) is 14.4. The summed E-state index contributed by atoms with van der Waals surface area (Å²) in [5.74, 6) is 0. The van der Waals surface area contributed by atoms with Crippen molar-refractivity contribution < 1.29 is 5.11 Å². The monoisotopic (exact) mass is 116 g/mol. The van der Waals surface area contributed by atoms with Gasteiger partial charge < -0.3 is 10.5 Å². The number of rotatable bonds is 3. The van der Waals surface area contributed by atoms with E-state index in [2.05, 4.69) is 10.9 Å². The zero-order chi connectivity index (χ0) is 6.41. The number of hydrazine groups is 1. The molecule has 0 fully saturated rings. The van der Waals surface area contributed by atoms with E-state index in [4.69, 9.17) is 5.11 Å². The third-order valence-corrected chi connectivity index (χ3v) is 0.602. The molecule has 0 aromatic carbocycles. The van der Waals surface area contributed by atoms with Crippen molar-refractivity contribution in [2.75, 3.05) is 7.05 Å². The first-order valence-corrected chi connectivity index (χ1v) is 2.54. The Morgan fingerprint density at radius 3 is 2.62 bits per heavy atom. The minimum atomic E-state index is -0.379. The number of aliphatic hydroxyl groups is 1. The second-order valence-corrected chi connectivity index (χ2v) is 1.49. The van der Waals surface area contributed by atoms with Crippen molar-refractivity contribution in [1.29, 1.82) is 0 Å². The second-order valence-electron chi connectivity index (χ2n) is 1.49. The molecule has 0 aliphatic heterocycles. The quantitative estimate of drug-likeness (QED) is 0.440. The third kappa shape index (κ3) is 5.46. The Kier molecular flexibility index (Phi) is 4.30. The van der Waals surface area contributed by atoms with E-state index in [0.29, 0.717) is 0 Å². The molecule has 48 valence electrons. The van der Waals surface area contributed by atoms with E-state index in [-0.39, 0.29) is 6.10 Å². The van der Waals surface area contributed by atoms with Gasteiger partial charge in [-0.05, 0) is 13.0 Å². The van der Waals surface area contributed by atoms with E-state index in [1.807, 2.05) is 0 Å². The third-order valence-electron chi connectivity index (χ3n) is 0.602. The molecular formula is C5H12N2O. The van der Waals surface area contributed by atoms with E-state index in [9.17, 15) is 0 Å². The SMILES string of the molecule is CNN/C=C\C(C)O. The summed E-state index contributed by atoms with van der Waals surface area (Å²) in [4.78, 5) is 0. The topological polar surface area (TPSA) is 44.3 Å². The fourth-order valence-corrected chi connectivity index (χ4v) is 0.271. The molecule has 0 aromatic rings. The molecule has 1 atom stereocenters. The van der Waals surface area contributed by atoms with Crippen molar-refractivity contribution >= 4 is 0 Å². The molecule has 3 nitrogen and oxygen atoms in total. The van der Waals surface area contributed by atoms with Crippen LogP contribution in [0.4, 0.5) is 0 Å². The fraction of sp³-hybridized carbons (Fsp3) is 0.600. The van der Waals surface area contributed by atoms with Crippen LogP contribution in [0.25, 0.3) is 0 Å². The van der Waals surface area contributed by atoms with Crippen molar-refractivity contribution in [1.82, 2.24) is 10.9 Å². The summed E-state index contributed by atoms with van der Waals surface area (Å²) in [5, 5.41) is 8.62. The van der Waals surface area contributed by atoms with Gasteiger partial charge in [-0.15, -0.1) is 0 Å². The highest BCUT2D eigenvalue weighted by molar-refractivity contribution is 4.82. The number of aliphatic hydroxyl groups excluding tert-OH is 1. The molecule has 0 spiro atoms. The van der Waals surface area contributed by atoms with Gasteiger partial charge >= 0.3 is 0 Å². The highest BCUT2D eigenvalue weighted by atomic mass is 16.3. The van der Waals surface area contributed by atoms with Gasteiger partial charge in [-0.25, -0.2) is 5.43 Å². The van der Waals surface area contributed by atoms with Crippen LogP contribution >= 0.6 is 0 Å². The van der Waals surface area contributed by atoms with Gasteiger partial charge in [0.05, 0.1) is 6.10 Å². The highest BCUT2D eigenvalue weighted by Crippen LogP contribution is 1.77. The molecule has 3 heteroatoms. The van der Waals surface area contributed by atoms with Gasteiger partial charge in [0, 0.05) is 13.2 Å². The molecule has 0 aliphatic rings. The lowest BCUT2D eigenvalue weighted by Gasteiger charge is -1.95. The van der Waals surface area contributed by atoms with Crippen molar-refractivity contribution in [3.05, 3.63) is 12.3 Å². The van der Waals surface area contributed by atoms with Crippen molar-refractivity contribution in [2.24, 2.45) is 0 Å².